The third kappa shape index (κ3) is 4.74. The van der Waals surface area contributed by atoms with Crippen molar-refractivity contribution in [1.82, 2.24) is 5.32 Å². The molecule has 0 aromatic heterocycles. The molecule has 1 atom stereocenters. The molecule has 1 fully saturated rings. The lowest BCUT2D eigenvalue weighted by atomic mass is 9.87. The minimum absolute atomic E-state index is 0.0174. The summed E-state index contributed by atoms with van der Waals surface area (Å²) in [7, 11) is 0. The van der Waals surface area contributed by atoms with Crippen LogP contribution in [-0.2, 0) is 10.2 Å². The van der Waals surface area contributed by atoms with Gasteiger partial charge in [0.2, 0.25) is 5.91 Å². The molecule has 3 rings (SSSR count). The minimum Gasteiger partial charge on any atom is -0.324 e. The van der Waals surface area contributed by atoms with E-state index in [0.29, 0.717) is 23.5 Å². The molecule has 1 aliphatic rings. The van der Waals surface area contributed by atoms with Crippen molar-refractivity contribution in [1.29, 1.82) is 0 Å². The standard InChI is InChI=1S/C22H27N3O2/c1-22(2,3)17-10-8-15(9-11-17)20(26)24-18-6-4-5-7-19(18)25-21(27)16-12-13-23-14-16/h4-11,16,23H,12-14H2,1-3H3,(H,24,26)(H,25,27). The Morgan fingerprint density at radius 1 is 0.963 bits per heavy atom. The molecule has 0 radical (unpaired) electrons. The molecule has 2 amide bonds. The highest BCUT2D eigenvalue weighted by Crippen LogP contribution is 2.25. The Hall–Kier alpha value is -2.66. The van der Waals surface area contributed by atoms with Gasteiger partial charge in [-0.3, -0.25) is 9.59 Å². The first-order chi connectivity index (χ1) is 12.8. The van der Waals surface area contributed by atoms with E-state index in [1.54, 1.807) is 12.1 Å². The molecule has 5 nitrogen and oxygen atoms in total. The van der Waals surface area contributed by atoms with Crippen molar-refractivity contribution < 1.29 is 9.59 Å². The van der Waals surface area contributed by atoms with Gasteiger partial charge in [0.15, 0.2) is 0 Å². The van der Waals surface area contributed by atoms with Crippen LogP contribution in [0.3, 0.4) is 0 Å². The number of amides is 2. The zero-order chi connectivity index (χ0) is 19.4. The fourth-order valence-corrected chi connectivity index (χ4v) is 3.13. The van der Waals surface area contributed by atoms with Gasteiger partial charge >= 0.3 is 0 Å². The summed E-state index contributed by atoms with van der Waals surface area (Å²) in [6.45, 7) is 7.98. The summed E-state index contributed by atoms with van der Waals surface area (Å²) >= 11 is 0. The first-order valence-electron chi connectivity index (χ1n) is 9.37. The van der Waals surface area contributed by atoms with Gasteiger partial charge in [-0.1, -0.05) is 45.0 Å². The van der Waals surface area contributed by atoms with Crippen LogP contribution in [0.2, 0.25) is 0 Å². The molecule has 5 heteroatoms. The smallest absolute Gasteiger partial charge is 0.255 e. The number of anilines is 2. The third-order valence-corrected chi connectivity index (χ3v) is 4.88. The van der Waals surface area contributed by atoms with E-state index in [-0.39, 0.29) is 23.1 Å². The Balaban J connectivity index is 1.71. The Kier molecular flexibility index (Phi) is 5.61. The lowest BCUT2D eigenvalue weighted by molar-refractivity contribution is -0.119. The van der Waals surface area contributed by atoms with Crippen LogP contribution in [0.5, 0.6) is 0 Å². The zero-order valence-electron chi connectivity index (χ0n) is 16.1. The van der Waals surface area contributed by atoms with Gasteiger partial charge in [-0.25, -0.2) is 0 Å². The molecule has 2 aromatic rings. The highest BCUT2D eigenvalue weighted by atomic mass is 16.2. The number of carbonyl (C=O) groups excluding carboxylic acids is 2. The van der Waals surface area contributed by atoms with E-state index in [0.717, 1.165) is 13.0 Å². The van der Waals surface area contributed by atoms with Crippen LogP contribution >= 0.6 is 0 Å². The van der Waals surface area contributed by atoms with Crippen LogP contribution in [0.4, 0.5) is 11.4 Å². The summed E-state index contributed by atoms with van der Waals surface area (Å²) in [4.78, 5) is 25.0. The monoisotopic (exact) mass is 365 g/mol. The maximum atomic E-state index is 12.6. The van der Waals surface area contributed by atoms with E-state index in [1.807, 2.05) is 36.4 Å². The summed E-state index contributed by atoms with van der Waals surface area (Å²) in [5.41, 5.74) is 3.03. The summed E-state index contributed by atoms with van der Waals surface area (Å²) in [6, 6.07) is 14.9. The third-order valence-electron chi connectivity index (χ3n) is 4.88. The topological polar surface area (TPSA) is 70.2 Å². The Morgan fingerprint density at radius 3 is 2.15 bits per heavy atom. The Labute approximate surface area is 160 Å². The van der Waals surface area contributed by atoms with E-state index < -0.39 is 0 Å². The normalized spacial score (nSPS) is 16.8. The van der Waals surface area contributed by atoms with E-state index in [9.17, 15) is 9.59 Å². The number of hydrogen-bond acceptors (Lipinski definition) is 3. The molecular weight excluding hydrogens is 338 g/mol. The Bertz CT molecular complexity index is 816. The summed E-state index contributed by atoms with van der Waals surface area (Å²) in [5.74, 6) is -0.241. The number of nitrogens with one attached hydrogen (secondary N) is 3. The van der Waals surface area contributed by atoms with Crippen molar-refractivity contribution in [3.05, 3.63) is 59.7 Å². The molecule has 1 unspecified atom stereocenters. The van der Waals surface area contributed by atoms with Crippen LogP contribution in [0.25, 0.3) is 0 Å². The average Bonchev–Trinajstić information content (AvgIpc) is 3.17. The van der Waals surface area contributed by atoms with Gasteiger partial charge < -0.3 is 16.0 Å². The van der Waals surface area contributed by atoms with Gasteiger partial charge in [-0.2, -0.15) is 0 Å². The lowest BCUT2D eigenvalue weighted by Gasteiger charge is -2.19. The quantitative estimate of drug-likeness (QED) is 0.772. The van der Waals surface area contributed by atoms with E-state index >= 15 is 0 Å². The molecule has 142 valence electrons. The molecule has 1 saturated heterocycles. The van der Waals surface area contributed by atoms with E-state index in [4.69, 9.17) is 0 Å². The minimum atomic E-state index is -0.195. The molecule has 2 aromatic carbocycles. The second-order valence-corrected chi connectivity index (χ2v) is 8.01. The van der Waals surface area contributed by atoms with Crippen LogP contribution in [0.15, 0.2) is 48.5 Å². The molecular formula is C22H27N3O2. The van der Waals surface area contributed by atoms with Crippen LogP contribution in [0, 0.1) is 5.92 Å². The number of para-hydroxylation sites is 2. The largest absolute Gasteiger partial charge is 0.324 e. The van der Waals surface area contributed by atoms with Crippen LogP contribution in [-0.4, -0.2) is 24.9 Å². The second-order valence-electron chi connectivity index (χ2n) is 8.01. The van der Waals surface area contributed by atoms with Crippen molar-refractivity contribution in [3.63, 3.8) is 0 Å². The van der Waals surface area contributed by atoms with Crippen molar-refractivity contribution in [2.45, 2.75) is 32.6 Å². The number of hydrogen-bond donors (Lipinski definition) is 3. The SMILES string of the molecule is CC(C)(C)c1ccc(C(=O)Nc2ccccc2NC(=O)C2CCNC2)cc1. The first-order valence-corrected chi connectivity index (χ1v) is 9.37. The van der Waals surface area contributed by atoms with Crippen LogP contribution < -0.4 is 16.0 Å². The molecule has 27 heavy (non-hydrogen) atoms. The molecule has 0 spiro atoms. The maximum absolute atomic E-state index is 12.6. The highest BCUT2D eigenvalue weighted by Gasteiger charge is 2.23. The zero-order valence-corrected chi connectivity index (χ0v) is 16.1. The van der Waals surface area contributed by atoms with Gasteiger partial charge in [-0.15, -0.1) is 0 Å². The fraction of sp³-hybridized carbons (Fsp3) is 0.364. The molecule has 3 N–H and O–H groups in total. The first kappa shape index (κ1) is 19.1. The van der Waals surface area contributed by atoms with Gasteiger partial charge in [0.25, 0.3) is 5.91 Å². The Morgan fingerprint density at radius 2 is 1.59 bits per heavy atom. The molecule has 1 heterocycles. The maximum Gasteiger partial charge on any atom is 0.255 e. The summed E-state index contributed by atoms with van der Waals surface area (Å²) in [5, 5.41) is 9.05. The highest BCUT2D eigenvalue weighted by molar-refractivity contribution is 6.07. The molecule has 0 saturated carbocycles. The number of benzene rings is 2. The predicted octanol–water partition coefficient (Wildman–Crippen LogP) is 3.78. The second kappa shape index (κ2) is 7.92. The molecule has 0 aliphatic carbocycles. The van der Waals surface area contributed by atoms with E-state index in [2.05, 4.69) is 36.7 Å². The van der Waals surface area contributed by atoms with Crippen molar-refractivity contribution in [2.75, 3.05) is 23.7 Å². The fourth-order valence-electron chi connectivity index (χ4n) is 3.13. The number of carbonyl (C=O) groups is 2. The summed E-state index contributed by atoms with van der Waals surface area (Å²) < 4.78 is 0. The van der Waals surface area contributed by atoms with Crippen molar-refractivity contribution >= 4 is 23.2 Å². The lowest BCUT2D eigenvalue weighted by Crippen LogP contribution is -2.25. The summed E-state index contributed by atoms with van der Waals surface area (Å²) in [6.07, 6.45) is 0.834. The number of rotatable bonds is 4. The van der Waals surface area contributed by atoms with Gasteiger partial charge in [-0.05, 0) is 48.2 Å². The van der Waals surface area contributed by atoms with Crippen molar-refractivity contribution in [2.24, 2.45) is 5.92 Å². The van der Waals surface area contributed by atoms with Crippen LogP contribution in [0.1, 0.15) is 43.1 Å². The molecule has 0 bridgehead atoms. The van der Waals surface area contributed by atoms with Gasteiger partial charge in [0.05, 0.1) is 17.3 Å². The van der Waals surface area contributed by atoms with Gasteiger partial charge in [0, 0.05) is 12.1 Å². The predicted molar refractivity (Wildman–Crippen MR) is 109 cm³/mol. The van der Waals surface area contributed by atoms with Gasteiger partial charge in [0.1, 0.15) is 0 Å². The molecule has 1 aliphatic heterocycles. The average molecular weight is 365 g/mol. The van der Waals surface area contributed by atoms with Crippen molar-refractivity contribution in [3.8, 4) is 0 Å². The van der Waals surface area contributed by atoms with E-state index in [1.165, 1.54) is 5.56 Å².